The van der Waals surface area contributed by atoms with Gasteiger partial charge in [-0.3, -0.25) is 9.65 Å². The minimum absolute atomic E-state index is 0.0195. The third kappa shape index (κ3) is 3.71. The lowest BCUT2D eigenvalue weighted by Gasteiger charge is -2.33. The van der Waals surface area contributed by atoms with Gasteiger partial charge in [-0.05, 0) is 52.5 Å². The molecular weight excluding hydrogens is 357 g/mol. The Bertz CT molecular complexity index is 679. The van der Waals surface area contributed by atoms with Gasteiger partial charge >= 0.3 is 0 Å². The molecule has 0 spiro atoms. The zero-order valence-electron chi connectivity index (χ0n) is 13.5. The molecule has 0 saturated heterocycles. The van der Waals surface area contributed by atoms with Crippen molar-refractivity contribution in [2.75, 3.05) is 0 Å². The number of benzene rings is 2. The van der Waals surface area contributed by atoms with Crippen molar-refractivity contribution in [2.45, 2.75) is 33.7 Å². The third-order valence-electron chi connectivity index (χ3n) is 3.99. The number of nitrogens with one attached hydrogen (secondary N) is 1. The van der Waals surface area contributed by atoms with Crippen molar-refractivity contribution in [3.8, 4) is 0 Å². The molecule has 118 valence electrons. The fraction of sp³-hybridized carbons (Fsp3) is 0.333. The smallest absolute Gasteiger partial charge is 0.206 e. The molecule has 0 bridgehead atoms. The summed E-state index contributed by atoms with van der Waals surface area (Å²) >= 11 is 3.56. The van der Waals surface area contributed by atoms with Crippen molar-refractivity contribution in [1.29, 1.82) is 0 Å². The predicted molar refractivity (Wildman–Crippen MR) is 99.5 cm³/mol. The van der Waals surface area contributed by atoms with Gasteiger partial charge in [0.05, 0.1) is 0 Å². The third-order valence-corrected chi connectivity index (χ3v) is 7.83. The molecule has 0 heterocycles. The molecule has 0 aliphatic rings. The Morgan fingerprint density at radius 1 is 1.00 bits per heavy atom. The van der Waals surface area contributed by atoms with Gasteiger partial charge in [-0.25, -0.2) is 0 Å². The highest BCUT2D eigenvalue weighted by Gasteiger charge is 2.33. The largest absolute Gasteiger partial charge is 0.296 e. The van der Waals surface area contributed by atoms with Crippen molar-refractivity contribution >= 4 is 33.8 Å². The Morgan fingerprint density at radius 3 is 2.09 bits per heavy atom. The molecular formula is C18H23BrNOP. The Balaban J connectivity index is 2.56. The standard InChI is InChI=1S/C18H23BrNOP/c1-14(18(2,3)4)20-22(21,15-10-6-5-7-11-15)17-13-9-8-12-16(17)19/h5-14H,1-4H3,(H,20,21). The summed E-state index contributed by atoms with van der Waals surface area (Å²) in [5.41, 5.74) is 0.0195. The summed E-state index contributed by atoms with van der Waals surface area (Å²) in [4.78, 5) is 0. The molecule has 0 amide bonds. The average Bonchev–Trinajstić information content (AvgIpc) is 2.47. The van der Waals surface area contributed by atoms with Crippen LogP contribution in [-0.4, -0.2) is 6.04 Å². The summed E-state index contributed by atoms with van der Waals surface area (Å²) < 4.78 is 14.8. The number of halogens is 1. The Kier molecular flexibility index (Phi) is 5.32. The summed E-state index contributed by atoms with van der Waals surface area (Å²) in [5.74, 6) is 0. The average molecular weight is 380 g/mol. The van der Waals surface area contributed by atoms with E-state index >= 15 is 0 Å². The second kappa shape index (κ2) is 6.70. The van der Waals surface area contributed by atoms with Crippen LogP contribution in [0.3, 0.4) is 0 Å². The van der Waals surface area contributed by atoms with E-state index in [2.05, 4.69) is 48.7 Å². The number of hydrogen-bond donors (Lipinski definition) is 1. The van der Waals surface area contributed by atoms with Gasteiger partial charge in [0.1, 0.15) is 0 Å². The van der Waals surface area contributed by atoms with Gasteiger partial charge in [-0.2, -0.15) is 0 Å². The van der Waals surface area contributed by atoms with Crippen LogP contribution in [0.1, 0.15) is 27.7 Å². The van der Waals surface area contributed by atoms with Crippen molar-refractivity contribution in [3.63, 3.8) is 0 Å². The van der Waals surface area contributed by atoms with Crippen LogP contribution < -0.4 is 15.7 Å². The van der Waals surface area contributed by atoms with Crippen molar-refractivity contribution < 1.29 is 4.57 Å². The van der Waals surface area contributed by atoms with Gasteiger partial charge < -0.3 is 0 Å². The predicted octanol–water partition coefficient (Wildman–Crippen LogP) is 4.70. The Labute approximate surface area is 141 Å². The minimum Gasteiger partial charge on any atom is -0.296 e. The first kappa shape index (κ1) is 17.5. The maximum absolute atomic E-state index is 14.0. The molecule has 2 rings (SSSR count). The van der Waals surface area contributed by atoms with Crippen LogP contribution in [0.15, 0.2) is 59.1 Å². The van der Waals surface area contributed by atoms with Crippen LogP contribution >= 0.6 is 23.2 Å². The SMILES string of the molecule is CC(NP(=O)(c1ccccc1)c1ccccc1Br)C(C)(C)C. The van der Waals surface area contributed by atoms with Crippen LogP contribution in [0.25, 0.3) is 0 Å². The van der Waals surface area contributed by atoms with E-state index in [1.54, 1.807) is 0 Å². The maximum Gasteiger partial charge on any atom is 0.206 e. The molecule has 2 unspecified atom stereocenters. The van der Waals surface area contributed by atoms with Crippen LogP contribution in [0.2, 0.25) is 0 Å². The first-order valence-corrected chi connectivity index (χ1v) is 9.93. The summed E-state index contributed by atoms with van der Waals surface area (Å²) in [6.45, 7) is 8.55. The van der Waals surface area contributed by atoms with Gasteiger partial charge in [0, 0.05) is 21.1 Å². The van der Waals surface area contributed by atoms with E-state index < -0.39 is 7.29 Å². The molecule has 0 aliphatic heterocycles. The highest BCUT2D eigenvalue weighted by atomic mass is 79.9. The molecule has 0 radical (unpaired) electrons. The lowest BCUT2D eigenvalue weighted by atomic mass is 9.89. The zero-order valence-corrected chi connectivity index (χ0v) is 16.0. The molecule has 2 aromatic rings. The number of hydrogen-bond acceptors (Lipinski definition) is 1. The van der Waals surface area contributed by atoms with E-state index in [1.165, 1.54) is 0 Å². The van der Waals surface area contributed by atoms with Gasteiger partial charge in [0.2, 0.25) is 7.29 Å². The summed E-state index contributed by atoms with van der Waals surface area (Å²) in [5, 5.41) is 5.08. The number of rotatable bonds is 4. The van der Waals surface area contributed by atoms with Crippen molar-refractivity contribution in [3.05, 3.63) is 59.1 Å². The van der Waals surface area contributed by atoms with E-state index in [0.717, 1.165) is 15.1 Å². The zero-order chi connectivity index (χ0) is 16.4. The maximum atomic E-state index is 14.0. The second-order valence-electron chi connectivity index (χ2n) is 6.61. The Hall–Kier alpha value is -0.890. The lowest BCUT2D eigenvalue weighted by molar-refractivity contribution is 0.319. The van der Waals surface area contributed by atoms with Crippen LogP contribution in [-0.2, 0) is 4.57 Å². The topological polar surface area (TPSA) is 29.1 Å². The van der Waals surface area contributed by atoms with Gasteiger partial charge in [-0.1, -0.05) is 51.1 Å². The molecule has 0 fully saturated rings. The van der Waals surface area contributed by atoms with Crippen LogP contribution in [0.5, 0.6) is 0 Å². The highest BCUT2D eigenvalue weighted by molar-refractivity contribution is 9.10. The summed E-state index contributed by atoms with van der Waals surface area (Å²) in [6.07, 6.45) is 0. The lowest BCUT2D eigenvalue weighted by Crippen LogP contribution is -2.40. The molecule has 0 aromatic heterocycles. The van der Waals surface area contributed by atoms with Gasteiger partial charge in [-0.15, -0.1) is 0 Å². The van der Waals surface area contributed by atoms with Crippen molar-refractivity contribution in [1.82, 2.24) is 5.09 Å². The second-order valence-corrected chi connectivity index (χ2v) is 9.94. The van der Waals surface area contributed by atoms with Gasteiger partial charge in [0.25, 0.3) is 0 Å². The first-order valence-electron chi connectivity index (χ1n) is 7.44. The van der Waals surface area contributed by atoms with Crippen molar-refractivity contribution in [2.24, 2.45) is 5.41 Å². The minimum atomic E-state index is -2.91. The van der Waals surface area contributed by atoms with Crippen LogP contribution in [0.4, 0.5) is 0 Å². The Morgan fingerprint density at radius 2 is 1.55 bits per heavy atom. The first-order chi connectivity index (χ1) is 10.2. The normalized spacial score (nSPS) is 16.0. The molecule has 4 heteroatoms. The van der Waals surface area contributed by atoms with Gasteiger partial charge in [0.15, 0.2) is 0 Å². The molecule has 0 saturated carbocycles. The van der Waals surface area contributed by atoms with E-state index in [-0.39, 0.29) is 11.5 Å². The highest BCUT2D eigenvalue weighted by Crippen LogP contribution is 2.43. The molecule has 1 N–H and O–H groups in total. The monoisotopic (exact) mass is 379 g/mol. The fourth-order valence-electron chi connectivity index (χ4n) is 2.09. The van der Waals surface area contributed by atoms with E-state index in [9.17, 15) is 4.57 Å². The quantitative estimate of drug-likeness (QED) is 0.779. The molecule has 2 nitrogen and oxygen atoms in total. The fourth-order valence-corrected chi connectivity index (χ4v) is 5.89. The molecule has 22 heavy (non-hydrogen) atoms. The van der Waals surface area contributed by atoms with E-state index in [0.29, 0.717) is 0 Å². The molecule has 2 atom stereocenters. The molecule has 2 aromatic carbocycles. The summed E-state index contributed by atoms with van der Waals surface area (Å²) in [6, 6.07) is 17.5. The molecule has 0 aliphatic carbocycles. The van der Waals surface area contributed by atoms with E-state index in [4.69, 9.17) is 0 Å². The van der Waals surface area contributed by atoms with E-state index in [1.807, 2.05) is 54.6 Å². The summed E-state index contributed by atoms with van der Waals surface area (Å²) in [7, 11) is -2.91. The van der Waals surface area contributed by atoms with Crippen LogP contribution in [0, 0.1) is 5.41 Å².